The van der Waals surface area contributed by atoms with Gasteiger partial charge < -0.3 is 0 Å². The minimum atomic E-state index is -3.34. The van der Waals surface area contributed by atoms with Crippen LogP contribution in [0.3, 0.4) is 0 Å². The van der Waals surface area contributed by atoms with Crippen molar-refractivity contribution in [3.05, 3.63) is 0 Å². The molecule has 0 amide bonds. The fraction of sp³-hybridized carbons (Fsp3) is 1.00. The van der Waals surface area contributed by atoms with Crippen LogP contribution in [0.4, 0.5) is 0 Å². The van der Waals surface area contributed by atoms with Crippen LogP contribution in [0.5, 0.6) is 0 Å². The van der Waals surface area contributed by atoms with E-state index in [9.17, 15) is 12.6 Å². The summed E-state index contributed by atoms with van der Waals surface area (Å²) in [6, 6.07) is 0. The Morgan fingerprint density at radius 2 is 1.56 bits per heavy atom. The van der Waals surface area contributed by atoms with E-state index in [-0.39, 0.29) is 17.9 Å². The Hall–Kier alpha value is 0.280. The molecule has 0 aliphatic rings. The monoisotopic (exact) mass is 288 g/mol. The molecule has 0 fully saturated rings. The molecule has 2 unspecified atom stereocenters. The maximum Gasteiger partial charge on any atom is 0.178 e. The molecule has 7 heteroatoms. The second kappa shape index (κ2) is 6.88. The first-order valence-corrected chi connectivity index (χ1v) is 9.70. The van der Waals surface area contributed by atoms with Crippen molar-refractivity contribution in [2.75, 3.05) is 11.5 Å². The number of rotatable bonds is 8. The van der Waals surface area contributed by atoms with E-state index in [0.29, 0.717) is 12.8 Å². The van der Waals surface area contributed by atoms with Crippen LogP contribution in [-0.4, -0.2) is 29.6 Å². The highest BCUT2D eigenvalue weighted by Crippen LogP contribution is 2.14. The summed E-state index contributed by atoms with van der Waals surface area (Å²) in [6.07, 6.45) is 1.42. The summed E-state index contributed by atoms with van der Waals surface area (Å²) in [6.45, 7) is 5.30. The van der Waals surface area contributed by atoms with Crippen LogP contribution in [0, 0.1) is 0 Å². The van der Waals surface area contributed by atoms with E-state index in [1.165, 1.54) is 0 Å². The molecule has 0 N–H and O–H groups in total. The molecule has 0 heterocycles. The highest BCUT2D eigenvalue weighted by Gasteiger charge is 2.27. The van der Waals surface area contributed by atoms with Crippen molar-refractivity contribution >= 4 is 29.8 Å². The van der Waals surface area contributed by atoms with Crippen molar-refractivity contribution in [3.8, 4) is 0 Å². The molecule has 0 rings (SSSR count). The third-order valence-corrected chi connectivity index (χ3v) is 6.43. The number of hydrogen-bond acceptors (Lipinski definition) is 5. The summed E-state index contributed by atoms with van der Waals surface area (Å²) >= 11 is 4.78. The van der Waals surface area contributed by atoms with Crippen molar-refractivity contribution in [2.24, 2.45) is 0 Å². The summed E-state index contributed by atoms with van der Waals surface area (Å²) in [5, 5.41) is 0. The zero-order valence-electron chi connectivity index (χ0n) is 9.97. The summed E-state index contributed by atoms with van der Waals surface area (Å²) in [7, 11) is -6.23. The van der Waals surface area contributed by atoms with Crippen LogP contribution in [0.2, 0.25) is 0 Å². The summed E-state index contributed by atoms with van der Waals surface area (Å²) in [4.78, 5) is 0. The molecule has 0 aliphatic carbocycles. The first-order chi connectivity index (χ1) is 7.29. The molecule has 16 heavy (non-hydrogen) atoms. The van der Waals surface area contributed by atoms with Crippen molar-refractivity contribution in [2.45, 2.75) is 45.5 Å². The summed E-state index contributed by atoms with van der Waals surface area (Å²) in [5.74, 6) is 0.267. The molecule has 0 bridgehead atoms. The molecule has 0 aromatic heterocycles. The van der Waals surface area contributed by atoms with Crippen molar-refractivity contribution < 1.29 is 16.8 Å². The van der Waals surface area contributed by atoms with Gasteiger partial charge in [0.05, 0.1) is 5.75 Å². The highest BCUT2D eigenvalue weighted by molar-refractivity contribution is 8.30. The Bertz CT molecular complexity index is 383. The maximum atomic E-state index is 11.7. The molecule has 4 nitrogen and oxygen atoms in total. The normalized spacial score (nSPS) is 17.9. The number of hydrogen-bond donors (Lipinski definition) is 0. The van der Waals surface area contributed by atoms with Crippen LogP contribution < -0.4 is 0 Å². The van der Waals surface area contributed by atoms with E-state index in [1.54, 1.807) is 13.8 Å². The molecule has 0 aromatic carbocycles. The molecular weight excluding hydrogens is 268 g/mol. The van der Waals surface area contributed by atoms with Crippen molar-refractivity contribution in [1.29, 1.82) is 0 Å². The SMILES string of the molecule is CCCS(=O)(=O)C(CC)OS(=O)(=S)CCC. The molecule has 0 aliphatic heterocycles. The molecule has 98 valence electrons. The van der Waals surface area contributed by atoms with Crippen LogP contribution in [0.1, 0.15) is 40.0 Å². The van der Waals surface area contributed by atoms with Gasteiger partial charge in [0.2, 0.25) is 0 Å². The van der Waals surface area contributed by atoms with Gasteiger partial charge in [0.25, 0.3) is 0 Å². The van der Waals surface area contributed by atoms with Gasteiger partial charge in [-0.05, 0) is 19.3 Å². The van der Waals surface area contributed by atoms with Gasteiger partial charge in [-0.15, -0.1) is 0 Å². The lowest BCUT2D eigenvalue weighted by molar-refractivity contribution is 0.294. The van der Waals surface area contributed by atoms with Crippen LogP contribution in [0.15, 0.2) is 0 Å². The quantitative estimate of drug-likeness (QED) is 0.679. The zero-order chi connectivity index (χ0) is 12.8. The lowest BCUT2D eigenvalue weighted by atomic mass is 10.5. The van der Waals surface area contributed by atoms with Gasteiger partial charge in [0, 0.05) is 16.9 Å². The largest absolute Gasteiger partial charge is 0.270 e. The van der Waals surface area contributed by atoms with Crippen LogP contribution >= 0.6 is 0 Å². The van der Waals surface area contributed by atoms with Crippen molar-refractivity contribution in [3.63, 3.8) is 0 Å². The maximum absolute atomic E-state index is 11.7. The van der Waals surface area contributed by atoms with Crippen molar-refractivity contribution in [1.82, 2.24) is 0 Å². The summed E-state index contributed by atoms with van der Waals surface area (Å²) in [5.41, 5.74) is -1.02. The third kappa shape index (κ3) is 5.56. The fourth-order valence-corrected chi connectivity index (χ4v) is 5.45. The van der Waals surface area contributed by atoms with E-state index in [1.807, 2.05) is 6.92 Å². The molecule has 0 spiro atoms. The summed E-state index contributed by atoms with van der Waals surface area (Å²) < 4.78 is 40.3. The molecule has 0 aromatic rings. The molecular formula is C9H20O4S3. The van der Waals surface area contributed by atoms with E-state index in [0.717, 1.165) is 0 Å². The second-order valence-electron chi connectivity index (χ2n) is 3.56. The average molecular weight is 288 g/mol. The molecule has 2 atom stereocenters. The Morgan fingerprint density at radius 3 is 1.94 bits per heavy atom. The highest BCUT2D eigenvalue weighted by atomic mass is 32.8. The first-order valence-electron chi connectivity index (χ1n) is 5.41. The third-order valence-electron chi connectivity index (χ3n) is 1.93. The van der Waals surface area contributed by atoms with E-state index >= 15 is 0 Å². The van der Waals surface area contributed by atoms with Gasteiger partial charge in [0.1, 0.15) is 8.77 Å². The van der Waals surface area contributed by atoms with Gasteiger partial charge in [-0.2, -0.15) is 0 Å². The number of sulfone groups is 1. The van der Waals surface area contributed by atoms with Gasteiger partial charge in [-0.3, -0.25) is 4.18 Å². The smallest absolute Gasteiger partial charge is 0.178 e. The first kappa shape index (κ1) is 16.3. The topological polar surface area (TPSA) is 60.4 Å². The average Bonchev–Trinajstić information content (AvgIpc) is 2.13. The van der Waals surface area contributed by atoms with Gasteiger partial charge in [-0.25, -0.2) is 12.6 Å². The minimum absolute atomic E-state index is 0.0441. The van der Waals surface area contributed by atoms with Crippen LogP contribution in [0.25, 0.3) is 0 Å². The van der Waals surface area contributed by atoms with Crippen LogP contribution in [-0.2, 0) is 34.0 Å². The van der Waals surface area contributed by atoms with Gasteiger partial charge in [0.15, 0.2) is 15.3 Å². The van der Waals surface area contributed by atoms with Gasteiger partial charge >= 0.3 is 0 Å². The fourth-order valence-electron chi connectivity index (χ4n) is 1.26. The standard InChI is InChI=1S/C9H20O4S3/c1-4-7-15(10,11)9(6-3)13-16(12,14)8-5-2/h9H,4-8H2,1-3H3. The molecule has 0 saturated carbocycles. The Balaban J connectivity index is 4.78. The van der Waals surface area contributed by atoms with E-state index in [4.69, 9.17) is 15.4 Å². The van der Waals surface area contributed by atoms with E-state index < -0.39 is 24.0 Å². The van der Waals surface area contributed by atoms with Gasteiger partial charge in [-0.1, -0.05) is 20.8 Å². The minimum Gasteiger partial charge on any atom is -0.270 e. The Morgan fingerprint density at radius 1 is 1.06 bits per heavy atom. The molecule has 0 radical (unpaired) electrons. The molecule has 0 saturated heterocycles. The predicted molar refractivity (Wildman–Crippen MR) is 69.9 cm³/mol. The second-order valence-corrected chi connectivity index (χ2v) is 9.06. The lowest BCUT2D eigenvalue weighted by Crippen LogP contribution is -2.29. The Kier molecular flexibility index (Phi) is 7.00. The lowest BCUT2D eigenvalue weighted by Gasteiger charge is -2.17. The van der Waals surface area contributed by atoms with E-state index in [2.05, 4.69) is 0 Å². The predicted octanol–water partition coefficient (Wildman–Crippen LogP) is 1.64. The zero-order valence-corrected chi connectivity index (χ0v) is 12.4. The Labute approximate surface area is 104 Å².